The van der Waals surface area contributed by atoms with Gasteiger partial charge in [0.25, 0.3) is 0 Å². The van der Waals surface area contributed by atoms with Crippen LogP contribution in [0.4, 0.5) is 5.82 Å². The number of aromatic nitrogens is 1. The molecule has 7 heteroatoms. The zero-order chi connectivity index (χ0) is 19.6. The van der Waals surface area contributed by atoms with Crippen molar-refractivity contribution in [2.75, 3.05) is 44.3 Å². The Kier molecular flexibility index (Phi) is 5.90. The highest BCUT2D eigenvalue weighted by Crippen LogP contribution is 2.37. The van der Waals surface area contributed by atoms with Gasteiger partial charge < -0.3 is 14.5 Å². The maximum Gasteiger partial charge on any atom is 0.233 e. The van der Waals surface area contributed by atoms with Gasteiger partial charge in [-0.25, -0.2) is 4.98 Å². The Morgan fingerprint density at radius 2 is 1.71 bits per heavy atom. The lowest BCUT2D eigenvalue weighted by molar-refractivity contribution is -0.141. The molecule has 1 aromatic heterocycles. The molecule has 28 heavy (non-hydrogen) atoms. The minimum atomic E-state index is -0.486. The number of amides is 1. The van der Waals surface area contributed by atoms with Crippen molar-refractivity contribution in [1.82, 2.24) is 9.88 Å². The Balaban J connectivity index is 1.50. The summed E-state index contributed by atoms with van der Waals surface area (Å²) in [4.78, 5) is 22.3. The van der Waals surface area contributed by atoms with Crippen LogP contribution in [0.5, 0.6) is 0 Å². The summed E-state index contributed by atoms with van der Waals surface area (Å²) in [7, 11) is 0. The number of pyridine rings is 1. The van der Waals surface area contributed by atoms with Crippen molar-refractivity contribution in [2.45, 2.75) is 18.3 Å². The number of carbonyl (C=O) groups excluding carboxylic acids is 1. The van der Waals surface area contributed by atoms with Crippen molar-refractivity contribution >= 4 is 39.3 Å². The van der Waals surface area contributed by atoms with E-state index in [-0.39, 0.29) is 5.91 Å². The van der Waals surface area contributed by atoms with Gasteiger partial charge in [0.1, 0.15) is 5.82 Å². The van der Waals surface area contributed by atoms with E-state index in [9.17, 15) is 4.79 Å². The number of piperazine rings is 1. The first-order chi connectivity index (χ1) is 13.6. The van der Waals surface area contributed by atoms with Gasteiger partial charge in [0.05, 0.1) is 10.4 Å². The van der Waals surface area contributed by atoms with E-state index < -0.39 is 5.41 Å². The SMILES string of the molecule is O=C(N1CCN(c2ccc(Cl)cn2)CC1)C1(c2ccc(Br)cc2)CCOCC1. The highest BCUT2D eigenvalue weighted by atomic mass is 79.9. The monoisotopic (exact) mass is 463 g/mol. The van der Waals surface area contributed by atoms with Crippen molar-refractivity contribution < 1.29 is 9.53 Å². The molecule has 2 fully saturated rings. The average Bonchev–Trinajstić information content (AvgIpc) is 2.75. The highest BCUT2D eigenvalue weighted by molar-refractivity contribution is 9.10. The van der Waals surface area contributed by atoms with E-state index in [4.69, 9.17) is 16.3 Å². The molecule has 1 aromatic carbocycles. The standard InChI is InChI=1S/C21H23BrClN3O2/c22-17-3-1-16(2-4-17)21(7-13-28-14-8-21)20(27)26-11-9-25(10-12-26)19-6-5-18(23)15-24-19/h1-6,15H,7-14H2. The number of rotatable bonds is 3. The molecule has 2 aliphatic rings. The number of benzene rings is 1. The summed E-state index contributed by atoms with van der Waals surface area (Å²) in [5.41, 5.74) is 0.602. The van der Waals surface area contributed by atoms with Crippen LogP contribution in [0.2, 0.25) is 5.02 Å². The van der Waals surface area contributed by atoms with Crippen LogP contribution in [0.3, 0.4) is 0 Å². The van der Waals surface area contributed by atoms with Gasteiger partial charge in [0.2, 0.25) is 5.91 Å². The van der Waals surface area contributed by atoms with Crippen LogP contribution in [0.25, 0.3) is 0 Å². The topological polar surface area (TPSA) is 45.7 Å². The Morgan fingerprint density at radius 3 is 2.32 bits per heavy atom. The summed E-state index contributed by atoms with van der Waals surface area (Å²) < 4.78 is 6.61. The molecule has 0 aliphatic carbocycles. The van der Waals surface area contributed by atoms with Gasteiger partial charge in [-0.05, 0) is 42.7 Å². The zero-order valence-electron chi connectivity index (χ0n) is 15.6. The van der Waals surface area contributed by atoms with Crippen molar-refractivity contribution in [3.8, 4) is 0 Å². The Labute approximate surface area is 178 Å². The number of anilines is 1. The minimum absolute atomic E-state index is 0.224. The second-order valence-electron chi connectivity index (χ2n) is 7.32. The van der Waals surface area contributed by atoms with E-state index in [1.54, 1.807) is 6.20 Å². The highest BCUT2D eigenvalue weighted by Gasteiger charge is 2.44. The molecule has 5 nitrogen and oxygen atoms in total. The molecule has 0 radical (unpaired) electrons. The molecule has 0 saturated carbocycles. The summed E-state index contributed by atoms with van der Waals surface area (Å²) in [5.74, 6) is 1.13. The minimum Gasteiger partial charge on any atom is -0.381 e. The number of hydrogen-bond acceptors (Lipinski definition) is 4. The van der Waals surface area contributed by atoms with E-state index in [0.717, 1.165) is 41.8 Å². The normalized spacial score (nSPS) is 19.5. The number of nitrogens with zero attached hydrogens (tertiary/aromatic N) is 3. The third kappa shape index (κ3) is 3.91. The van der Waals surface area contributed by atoms with E-state index >= 15 is 0 Å². The van der Waals surface area contributed by atoms with Crippen molar-refractivity contribution in [3.05, 3.63) is 57.7 Å². The molecule has 2 aliphatic heterocycles. The molecular formula is C21H23BrClN3O2. The summed E-state index contributed by atoms with van der Waals surface area (Å²) >= 11 is 9.43. The number of hydrogen-bond donors (Lipinski definition) is 0. The van der Waals surface area contributed by atoms with Crippen LogP contribution in [0.1, 0.15) is 18.4 Å². The first-order valence-electron chi connectivity index (χ1n) is 9.58. The van der Waals surface area contributed by atoms with Crippen LogP contribution in [-0.4, -0.2) is 55.2 Å². The van der Waals surface area contributed by atoms with Crippen LogP contribution in [0.15, 0.2) is 47.1 Å². The smallest absolute Gasteiger partial charge is 0.233 e. The third-order valence-electron chi connectivity index (χ3n) is 5.76. The zero-order valence-corrected chi connectivity index (χ0v) is 18.0. The van der Waals surface area contributed by atoms with Crippen molar-refractivity contribution in [3.63, 3.8) is 0 Å². The van der Waals surface area contributed by atoms with Gasteiger partial charge in [-0.15, -0.1) is 0 Å². The van der Waals surface area contributed by atoms with E-state index in [2.05, 4.69) is 37.9 Å². The lowest BCUT2D eigenvalue weighted by atomic mass is 9.73. The van der Waals surface area contributed by atoms with Gasteiger partial charge in [-0.2, -0.15) is 0 Å². The molecule has 0 N–H and O–H groups in total. The maximum absolute atomic E-state index is 13.7. The van der Waals surface area contributed by atoms with Crippen LogP contribution in [0, 0.1) is 0 Å². The quantitative estimate of drug-likeness (QED) is 0.691. The first kappa shape index (κ1) is 19.7. The fraction of sp³-hybridized carbons (Fsp3) is 0.429. The van der Waals surface area contributed by atoms with Crippen LogP contribution in [-0.2, 0) is 14.9 Å². The summed E-state index contributed by atoms with van der Waals surface area (Å²) in [6, 6.07) is 12.0. The molecule has 2 saturated heterocycles. The molecular weight excluding hydrogens is 442 g/mol. The van der Waals surface area contributed by atoms with Gasteiger partial charge in [0, 0.05) is 50.1 Å². The van der Waals surface area contributed by atoms with Crippen molar-refractivity contribution in [1.29, 1.82) is 0 Å². The van der Waals surface area contributed by atoms with Crippen molar-refractivity contribution in [2.24, 2.45) is 0 Å². The van der Waals surface area contributed by atoms with E-state index in [0.29, 0.717) is 31.3 Å². The summed E-state index contributed by atoms with van der Waals surface area (Å²) in [6.07, 6.45) is 3.12. The third-order valence-corrected chi connectivity index (χ3v) is 6.51. The molecule has 0 atom stereocenters. The number of ether oxygens (including phenoxy) is 1. The Bertz CT molecular complexity index is 815. The number of carbonyl (C=O) groups is 1. The predicted octanol–water partition coefficient (Wildman–Crippen LogP) is 3.89. The van der Waals surface area contributed by atoms with Crippen LogP contribution < -0.4 is 4.90 Å². The summed E-state index contributed by atoms with van der Waals surface area (Å²) in [5, 5.41) is 0.633. The molecule has 148 valence electrons. The second-order valence-corrected chi connectivity index (χ2v) is 8.67. The van der Waals surface area contributed by atoms with E-state index in [1.807, 2.05) is 29.2 Å². The van der Waals surface area contributed by atoms with Gasteiger partial charge >= 0.3 is 0 Å². The average molecular weight is 465 g/mol. The van der Waals surface area contributed by atoms with Gasteiger partial charge in [0.15, 0.2) is 0 Å². The lowest BCUT2D eigenvalue weighted by Crippen LogP contribution is -2.56. The Morgan fingerprint density at radius 1 is 1.04 bits per heavy atom. The lowest BCUT2D eigenvalue weighted by Gasteiger charge is -2.43. The molecule has 0 unspecified atom stereocenters. The first-order valence-corrected chi connectivity index (χ1v) is 10.8. The Hall–Kier alpha value is -1.63. The molecule has 1 amide bonds. The maximum atomic E-state index is 13.7. The van der Waals surface area contributed by atoms with Gasteiger partial charge in [-0.3, -0.25) is 4.79 Å². The second kappa shape index (κ2) is 8.39. The van der Waals surface area contributed by atoms with E-state index in [1.165, 1.54) is 0 Å². The fourth-order valence-corrected chi connectivity index (χ4v) is 4.49. The van der Waals surface area contributed by atoms with Crippen LogP contribution >= 0.6 is 27.5 Å². The predicted molar refractivity (Wildman–Crippen MR) is 114 cm³/mol. The largest absolute Gasteiger partial charge is 0.381 e. The molecule has 0 spiro atoms. The molecule has 3 heterocycles. The molecule has 2 aromatic rings. The van der Waals surface area contributed by atoms with Gasteiger partial charge in [-0.1, -0.05) is 39.7 Å². The molecule has 4 rings (SSSR count). The fourth-order valence-electron chi connectivity index (χ4n) is 4.11. The molecule has 0 bridgehead atoms. The number of halogens is 2. The summed E-state index contributed by atoms with van der Waals surface area (Å²) in [6.45, 7) is 4.18.